The van der Waals surface area contributed by atoms with E-state index in [1.54, 1.807) is 12.1 Å². The Hall–Kier alpha value is -1.05. The van der Waals surface area contributed by atoms with Gasteiger partial charge >= 0.3 is 0 Å². The molecule has 1 aromatic rings. The predicted octanol–water partition coefficient (Wildman–Crippen LogP) is 3.32. The highest BCUT2D eigenvalue weighted by Gasteiger charge is 2.06. The quantitative estimate of drug-likeness (QED) is 0.769. The Bertz CT molecular complexity index is 415. The maximum atomic E-state index is 13.6. The average molecular weight is 266 g/mol. The molecule has 1 aromatic carbocycles. The zero-order chi connectivity index (χ0) is 13.4. The van der Waals surface area contributed by atoms with Crippen molar-refractivity contribution in [3.8, 4) is 6.07 Å². The zero-order valence-electron chi connectivity index (χ0n) is 10.9. The van der Waals surface area contributed by atoms with Gasteiger partial charge in [-0.15, -0.1) is 0 Å². The summed E-state index contributed by atoms with van der Waals surface area (Å²) in [5.41, 5.74) is 0.979. The van der Waals surface area contributed by atoms with Gasteiger partial charge in [0.1, 0.15) is 5.82 Å². The highest BCUT2D eigenvalue weighted by atomic mass is 32.2. The molecule has 0 aromatic heterocycles. The van der Waals surface area contributed by atoms with Crippen LogP contribution in [0.3, 0.4) is 0 Å². The molecule has 1 N–H and O–H groups in total. The van der Waals surface area contributed by atoms with Gasteiger partial charge in [-0.3, -0.25) is 0 Å². The Balaban J connectivity index is 2.41. The maximum Gasteiger partial charge on any atom is 0.129 e. The Morgan fingerprint density at radius 2 is 2.28 bits per heavy atom. The van der Waals surface area contributed by atoms with Crippen LogP contribution in [0.5, 0.6) is 0 Å². The van der Waals surface area contributed by atoms with Gasteiger partial charge in [0, 0.05) is 18.2 Å². The fraction of sp³-hybridized carbons (Fsp3) is 0.500. The van der Waals surface area contributed by atoms with Crippen molar-refractivity contribution < 1.29 is 4.39 Å². The summed E-state index contributed by atoms with van der Waals surface area (Å²) < 4.78 is 13.6. The van der Waals surface area contributed by atoms with E-state index in [4.69, 9.17) is 5.26 Å². The molecule has 0 heterocycles. The third-order valence-electron chi connectivity index (χ3n) is 2.72. The second-order valence-electron chi connectivity index (χ2n) is 4.19. The van der Waals surface area contributed by atoms with Gasteiger partial charge in [0.05, 0.1) is 11.6 Å². The highest BCUT2D eigenvalue weighted by molar-refractivity contribution is 7.99. The van der Waals surface area contributed by atoms with E-state index in [-0.39, 0.29) is 5.82 Å². The molecule has 0 aliphatic carbocycles. The smallest absolute Gasteiger partial charge is 0.129 e. The van der Waals surface area contributed by atoms with Crippen LogP contribution in [0.1, 0.15) is 31.4 Å². The van der Waals surface area contributed by atoms with E-state index in [0.717, 1.165) is 17.9 Å². The van der Waals surface area contributed by atoms with Crippen molar-refractivity contribution in [2.24, 2.45) is 0 Å². The van der Waals surface area contributed by atoms with Crippen molar-refractivity contribution in [1.29, 1.82) is 5.26 Å². The molecular weight excluding hydrogens is 247 g/mol. The van der Waals surface area contributed by atoms with Gasteiger partial charge in [-0.25, -0.2) is 4.39 Å². The summed E-state index contributed by atoms with van der Waals surface area (Å²) in [6, 6.07) is 6.92. The minimum Gasteiger partial charge on any atom is -0.310 e. The van der Waals surface area contributed by atoms with Crippen LogP contribution in [-0.2, 0) is 6.54 Å². The molecule has 4 heteroatoms. The van der Waals surface area contributed by atoms with Crippen molar-refractivity contribution >= 4 is 11.8 Å². The van der Waals surface area contributed by atoms with E-state index >= 15 is 0 Å². The zero-order valence-corrected chi connectivity index (χ0v) is 11.7. The van der Waals surface area contributed by atoms with Gasteiger partial charge < -0.3 is 5.32 Å². The lowest BCUT2D eigenvalue weighted by atomic mass is 10.1. The first-order valence-electron chi connectivity index (χ1n) is 6.17. The molecule has 0 fully saturated rings. The van der Waals surface area contributed by atoms with E-state index in [0.29, 0.717) is 23.7 Å². The van der Waals surface area contributed by atoms with Gasteiger partial charge in [-0.2, -0.15) is 17.0 Å². The third-order valence-corrected chi connectivity index (χ3v) is 3.66. The lowest BCUT2D eigenvalue weighted by Crippen LogP contribution is -2.26. The van der Waals surface area contributed by atoms with Crippen molar-refractivity contribution in [2.75, 3.05) is 11.5 Å². The summed E-state index contributed by atoms with van der Waals surface area (Å²) in [7, 11) is 0. The van der Waals surface area contributed by atoms with E-state index in [1.807, 2.05) is 17.8 Å². The second-order valence-corrected chi connectivity index (χ2v) is 5.58. The molecule has 0 saturated heterocycles. The minimum atomic E-state index is -0.309. The molecule has 18 heavy (non-hydrogen) atoms. The Labute approximate surface area is 113 Å². The molecule has 0 bridgehead atoms. The van der Waals surface area contributed by atoms with Crippen LogP contribution in [0, 0.1) is 17.1 Å². The fourth-order valence-corrected chi connectivity index (χ4v) is 2.36. The summed E-state index contributed by atoms with van der Waals surface area (Å²) in [6.45, 7) is 4.77. The molecular formula is C14H19FN2S. The predicted molar refractivity (Wildman–Crippen MR) is 75.0 cm³/mol. The van der Waals surface area contributed by atoms with E-state index in [9.17, 15) is 4.39 Å². The molecule has 98 valence electrons. The van der Waals surface area contributed by atoms with Gasteiger partial charge in [0.15, 0.2) is 0 Å². The lowest BCUT2D eigenvalue weighted by Gasteiger charge is -2.13. The van der Waals surface area contributed by atoms with Gasteiger partial charge in [0.25, 0.3) is 0 Å². The lowest BCUT2D eigenvalue weighted by molar-refractivity contribution is 0.519. The molecule has 0 amide bonds. The SMILES string of the molecule is CCSCCC(C)NCc1ccc(C#N)cc1F. The number of nitriles is 1. The molecule has 0 spiro atoms. The van der Waals surface area contributed by atoms with Gasteiger partial charge in [-0.05, 0) is 37.0 Å². The second kappa shape index (κ2) is 8.12. The number of thioether (sulfide) groups is 1. The van der Waals surface area contributed by atoms with Crippen molar-refractivity contribution in [1.82, 2.24) is 5.32 Å². The molecule has 1 rings (SSSR count). The molecule has 0 saturated carbocycles. The van der Waals surface area contributed by atoms with Crippen LogP contribution in [0.15, 0.2) is 18.2 Å². The van der Waals surface area contributed by atoms with Crippen LogP contribution < -0.4 is 5.32 Å². The topological polar surface area (TPSA) is 35.8 Å². The monoisotopic (exact) mass is 266 g/mol. The first kappa shape index (κ1) is 15.0. The normalized spacial score (nSPS) is 12.1. The number of rotatable bonds is 7. The van der Waals surface area contributed by atoms with E-state index in [1.165, 1.54) is 6.07 Å². The summed E-state index contributed by atoms with van der Waals surface area (Å²) in [4.78, 5) is 0. The largest absolute Gasteiger partial charge is 0.310 e. The van der Waals surface area contributed by atoms with Gasteiger partial charge in [-0.1, -0.05) is 13.0 Å². The number of hydrogen-bond acceptors (Lipinski definition) is 3. The van der Waals surface area contributed by atoms with Crippen molar-refractivity contribution in [3.05, 3.63) is 35.1 Å². The minimum absolute atomic E-state index is 0.309. The molecule has 1 unspecified atom stereocenters. The first-order valence-corrected chi connectivity index (χ1v) is 7.32. The van der Waals surface area contributed by atoms with Crippen molar-refractivity contribution in [3.63, 3.8) is 0 Å². The average Bonchev–Trinajstić information content (AvgIpc) is 2.37. The standard InChI is InChI=1S/C14H19FN2S/c1-3-18-7-6-11(2)17-10-13-5-4-12(9-16)8-14(13)15/h4-5,8,11,17H,3,6-7,10H2,1-2H3. The number of benzene rings is 1. The number of nitrogens with one attached hydrogen (secondary N) is 1. The highest BCUT2D eigenvalue weighted by Crippen LogP contribution is 2.10. The van der Waals surface area contributed by atoms with Crippen LogP contribution >= 0.6 is 11.8 Å². The molecule has 0 aliphatic rings. The molecule has 1 atom stereocenters. The van der Waals surface area contributed by atoms with Crippen LogP contribution in [0.4, 0.5) is 4.39 Å². The van der Waals surface area contributed by atoms with Crippen LogP contribution in [0.2, 0.25) is 0 Å². The molecule has 0 aliphatic heterocycles. The Morgan fingerprint density at radius 1 is 1.50 bits per heavy atom. The number of hydrogen-bond donors (Lipinski definition) is 1. The fourth-order valence-electron chi connectivity index (χ4n) is 1.55. The van der Waals surface area contributed by atoms with Crippen LogP contribution in [-0.4, -0.2) is 17.5 Å². The molecule has 0 radical (unpaired) electrons. The summed E-state index contributed by atoms with van der Waals surface area (Å²) in [5, 5.41) is 12.0. The number of halogens is 1. The third kappa shape index (κ3) is 5.07. The van der Waals surface area contributed by atoms with Crippen LogP contribution in [0.25, 0.3) is 0 Å². The first-order chi connectivity index (χ1) is 8.67. The number of nitrogens with zero attached hydrogens (tertiary/aromatic N) is 1. The summed E-state index contributed by atoms with van der Waals surface area (Å²) in [6.07, 6.45) is 1.08. The van der Waals surface area contributed by atoms with E-state index < -0.39 is 0 Å². The molecule has 2 nitrogen and oxygen atoms in total. The van der Waals surface area contributed by atoms with Gasteiger partial charge in [0.2, 0.25) is 0 Å². The van der Waals surface area contributed by atoms with Crippen molar-refractivity contribution in [2.45, 2.75) is 32.9 Å². The maximum absolute atomic E-state index is 13.6. The Morgan fingerprint density at radius 3 is 2.89 bits per heavy atom. The van der Waals surface area contributed by atoms with E-state index in [2.05, 4.69) is 19.2 Å². The summed E-state index contributed by atoms with van der Waals surface area (Å²) >= 11 is 1.92. The Kier molecular flexibility index (Phi) is 6.77. The summed E-state index contributed by atoms with van der Waals surface area (Å²) in [5.74, 6) is 1.95.